The second kappa shape index (κ2) is 4.13. The molecule has 1 aliphatic rings. The minimum atomic E-state index is 0.450. The second-order valence-corrected chi connectivity index (χ2v) is 4.75. The van der Waals surface area contributed by atoms with Gasteiger partial charge in [0.15, 0.2) is 0 Å². The van der Waals surface area contributed by atoms with E-state index in [0.29, 0.717) is 12.6 Å². The monoisotopic (exact) mass is 230 g/mol. The van der Waals surface area contributed by atoms with E-state index in [2.05, 4.69) is 39.7 Å². The SMILES string of the molecule is CN1CCCC1c1ncc2c(CN)cccn12. The van der Waals surface area contributed by atoms with Gasteiger partial charge < -0.3 is 10.1 Å². The van der Waals surface area contributed by atoms with E-state index < -0.39 is 0 Å². The summed E-state index contributed by atoms with van der Waals surface area (Å²) in [4.78, 5) is 6.98. The van der Waals surface area contributed by atoms with Crippen LogP contribution in [0.2, 0.25) is 0 Å². The fourth-order valence-corrected chi connectivity index (χ4v) is 2.76. The molecule has 1 saturated heterocycles. The highest BCUT2D eigenvalue weighted by atomic mass is 15.2. The number of fused-ring (bicyclic) bond motifs is 1. The van der Waals surface area contributed by atoms with E-state index in [1.54, 1.807) is 0 Å². The summed E-state index contributed by atoms with van der Waals surface area (Å²) in [5.41, 5.74) is 8.06. The summed E-state index contributed by atoms with van der Waals surface area (Å²) in [6.45, 7) is 1.73. The van der Waals surface area contributed by atoms with Crippen molar-refractivity contribution in [1.82, 2.24) is 14.3 Å². The second-order valence-electron chi connectivity index (χ2n) is 4.75. The van der Waals surface area contributed by atoms with Crippen LogP contribution in [0.3, 0.4) is 0 Å². The van der Waals surface area contributed by atoms with Crippen molar-refractivity contribution in [1.29, 1.82) is 0 Å². The summed E-state index contributed by atoms with van der Waals surface area (Å²) in [6, 6.07) is 4.57. The third-order valence-electron chi connectivity index (χ3n) is 3.73. The molecular weight excluding hydrogens is 212 g/mol. The summed E-state index contributed by atoms with van der Waals surface area (Å²) in [5, 5.41) is 0. The summed E-state index contributed by atoms with van der Waals surface area (Å²) >= 11 is 0. The van der Waals surface area contributed by atoms with Crippen LogP contribution < -0.4 is 5.73 Å². The number of nitrogens with zero attached hydrogens (tertiary/aromatic N) is 3. The Morgan fingerprint density at radius 3 is 3.12 bits per heavy atom. The highest BCUT2D eigenvalue weighted by molar-refractivity contribution is 5.54. The number of imidazole rings is 1. The fourth-order valence-electron chi connectivity index (χ4n) is 2.76. The molecule has 1 aliphatic heterocycles. The van der Waals surface area contributed by atoms with Gasteiger partial charge in [0.05, 0.1) is 17.8 Å². The summed E-state index contributed by atoms with van der Waals surface area (Å²) in [6.07, 6.45) is 6.49. The van der Waals surface area contributed by atoms with Gasteiger partial charge in [0.2, 0.25) is 0 Å². The third kappa shape index (κ3) is 1.64. The van der Waals surface area contributed by atoms with Crippen LogP contribution in [-0.2, 0) is 6.54 Å². The first-order valence-electron chi connectivity index (χ1n) is 6.16. The highest BCUT2D eigenvalue weighted by Gasteiger charge is 2.26. The number of rotatable bonds is 2. The Labute approximate surface area is 101 Å². The first-order valence-corrected chi connectivity index (χ1v) is 6.16. The van der Waals surface area contributed by atoms with Crippen molar-refractivity contribution in [3.63, 3.8) is 0 Å². The predicted octanol–water partition coefficient (Wildman–Crippen LogP) is 1.56. The topological polar surface area (TPSA) is 46.6 Å². The van der Waals surface area contributed by atoms with Crippen LogP contribution in [0, 0.1) is 0 Å². The lowest BCUT2D eigenvalue weighted by molar-refractivity contribution is 0.305. The molecule has 1 fully saturated rings. The molecule has 0 aromatic carbocycles. The molecular formula is C13H18N4. The number of nitrogens with two attached hydrogens (primary N) is 1. The van der Waals surface area contributed by atoms with E-state index in [1.807, 2.05) is 6.20 Å². The minimum Gasteiger partial charge on any atom is -0.326 e. The van der Waals surface area contributed by atoms with Crippen LogP contribution in [-0.4, -0.2) is 27.9 Å². The Morgan fingerprint density at radius 2 is 2.41 bits per heavy atom. The maximum absolute atomic E-state index is 5.75. The Hall–Kier alpha value is -1.39. The van der Waals surface area contributed by atoms with Crippen molar-refractivity contribution in [2.75, 3.05) is 13.6 Å². The van der Waals surface area contributed by atoms with Gasteiger partial charge in [-0.05, 0) is 38.1 Å². The van der Waals surface area contributed by atoms with Crippen LogP contribution in [0.15, 0.2) is 24.5 Å². The molecule has 0 bridgehead atoms. The maximum atomic E-state index is 5.75. The van der Waals surface area contributed by atoms with Gasteiger partial charge in [0, 0.05) is 12.7 Å². The summed E-state index contributed by atoms with van der Waals surface area (Å²) < 4.78 is 2.19. The molecule has 3 rings (SSSR count). The van der Waals surface area contributed by atoms with Crippen LogP contribution in [0.1, 0.15) is 30.3 Å². The van der Waals surface area contributed by atoms with E-state index in [4.69, 9.17) is 5.73 Å². The largest absolute Gasteiger partial charge is 0.326 e. The van der Waals surface area contributed by atoms with Crippen molar-refractivity contribution in [3.8, 4) is 0 Å². The molecule has 0 aliphatic carbocycles. The Morgan fingerprint density at radius 1 is 1.53 bits per heavy atom. The van der Waals surface area contributed by atoms with Crippen LogP contribution >= 0.6 is 0 Å². The molecule has 0 radical (unpaired) electrons. The van der Waals surface area contributed by atoms with E-state index in [9.17, 15) is 0 Å². The first kappa shape index (κ1) is 10.7. The van der Waals surface area contributed by atoms with Gasteiger partial charge in [-0.25, -0.2) is 4.98 Å². The molecule has 1 atom stereocenters. The molecule has 4 heteroatoms. The van der Waals surface area contributed by atoms with E-state index in [1.165, 1.54) is 12.8 Å². The Bertz CT molecular complexity index is 531. The number of hydrogen-bond acceptors (Lipinski definition) is 3. The molecule has 3 heterocycles. The molecule has 2 aromatic rings. The van der Waals surface area contributed by atoms with E-state index in [-0.39, 0.29) is 0 Å². The standard InChI is InChI=1S/C13H18N4/c1-16-6-3-5-11(16)13-15-9-12-10(8-14)4-2-7-17(12)13/h2,4,7,9,11H,3,5-6,8,14H2,1H3. The Balaban J connectivity index is 2.12. The quantitative estimate of drug-likeness (QED) is 0.851. The van der Waals surface area contributed by atoms with E-state index in [0.717, 1.165) is 23.4 Å². The molecule has 2 aromatic heterocycles. The fraction of sp³-hybridized carbons (Fsp3) is 0.462. The molecule has 90 valence electrons. The van der Waals surface area contributed by atoms with Crippen LogP contribution in [0.25, 0.3) is 5.52 Å². The van der Waals surface area contributed by atoms with Gasteiger partial charge in [-0.2, -0.15) is 0 Å². The molecule has 2 N–H and O–H groups in total. The first-order chi connectivity index (χ1) is 8.31. The zero-order valence-electron chi connectivity index (χ0n) is 10.1. The maximum Gasteiger partial charge on any atom is 0.130 e. The minimum absolute atomic E-state index is 0.450. The van der Waals surface area contributed by atoms with Crippen LogP contribution in [0.5, 0.6) is 0 Å². The number of hydrogen-bond donors (Lipinski definition) is 1. The number of pyridine rings is 1. The van der Waals surface area contributed by atoms with Crippen molar-refractivity contribution >= 4 is 5.52 Å². The van der Waals surface area contributed by atoms with Crippen molar-refractivity contribution in [3.05, 3.63) is 35.9 Å². The van der Waals surface area contributed by atoms with Gasteiger partial charge in [0.25, 0.3) is 0 Å². The van der Waals surface area contributed by atoms with Crippen LogP contribution in [0.4, 0.5) is 0 Å². The molecule has 0 amide bonds. The van der Waals surface area contributed by atoms with Gasteiger partial charge in [0.1, 0.15) is 5.82 Å². The lowest BCUT2D eigenvalue weighted by Gasteiger charge is -2.18. The zero-order valence-corrected chi connectivity index (χ0v) is 10.1. The van der Waals surface area contributed by atoms with Gasteiger partial charge in [-0.15, -0.1) is 0 Å². The van der Waals surface area contributed by atoms with Crippen molar-refractivity contribution < 1.29 is 0 Å². The van der Waals surface area contributed by atoms with Gasteiger partial charge in [-0.3, -0.25) is 4.90 Å². The van der Waals surface area contributed by atoms with Gasteiger partial charge in [-0.1, -0.05) is 6.07 Å². The molecule has 17 heavy (non-hydrogen) atoms. The smallest absolute Gasteiger partial charge is 0.130 e. The predicted molar refractivity (Wildman–Crippen MR) is 67.7 cm³/mol. The van der Waals surface area contributed by atoms with E-state index >= 15 is 0 Å². The zero-order chi connectivity index (χ0) is 11.8. The summed E-state index contributed by atoms with van der Waals surface area (Å²) in [5.74, 6) is 1.15. The Kier molecular flexibility index (Phi) is 2.61. The molecule has 1 unspecified atom stereocenters. The molecule has 4 nitrogen and oxygen atoms in total. The average Bonchev–Trinajstić information content (AvgIpc) is 2.94. The molecule has 0 saturated carbocycles. The number of likely N-dealkylation sites (tertiary alicyclic amines) is 1. The van der Waals surface area contributed by atoms with Crippen molar-refractivity contribution in [2.24, 2.45) is 5.73 Å². The normalized spacial score (nSPS) is 21.4. The van der Waals surface area contributed by atoms with Gasteiger partial charge >= 0.3 is 0 Å². The lowest BCUT2D eigenvalue weighted by atomic mass is 10.2. The third-order valence-corrected chi connectivity index (χ3v) is 3.73. The van der Waals surface area contributed by atoms with Crippen molar-refractivity contribution in [2.45, 2.75) is 25.4 Å². The molecule has 0 spiro atoms. The summed E-state index contributed by atoms with van der Waals surface area (Å²) in [7, 11) is 2.17. The lowest BCUT2D eigenvalue weighted by Crippen LogP contribution is -2.19. The number of aromatic nitrogens is 2. The highest BCUT2D eigenvalue weighted by Crippen LogP contribution is 2.30. The average molecular weight is 230 g/mol.